The molecule has 0 amide bonds. The predicted molar refractivity (Wildman–Crippen MR) is 85.8 cm³/mol. The lowest BCUT2D eigenvalue weighted by Crippen LogP contribution is -2.22. The van der Waals surface area contributed by atoms with Crippen LogP contribution in [0.4, 0.5) is 0 Å². The minimum absolute atomic E-state index is 0.317. The Hall–Kier alpha value is -2.17. The van der Waals surface area contributed by atoms with Crippen LogP contribution < -0.4 is 0 Å². The second-order valence-electron chi connectivity index (χ2n) is 5.28. The fourth-order valence-corrected chi connectivity index (χ4v) is 2.13. The third kappa shape index (κ3) is 5.31. The Balaban J connectivity index is 1.69. The normalized spacial score (nSPS) is 10.8. The van der Waals surface area contributed by atoms with E-state index >= 15 is 0 Å². The second kappa shape index (κ2) is 8.32. The van der Waals surface area contributed by atoms with Gasteiger partial charge in [0.1, 0.15) is 0 Å². The molecule has 4 heteroatoms. The number of hydrogen-bond donors (Lipinski definition) is 1. The summed E-state index contributed by atoms with van der Waals surface area (Å²) in [6.45, 7) is 2.89. The van der Waals surface area contributed by atoms with Crippen LogP contribution in [0.5, 0.6) is 0 Å². The molecular formula is C18H21NO3. The topological polar surface area (TPSA) is 49.8 Å². The summed E-state index contributed by atoms with van der Waals surface area (Å²) in [5, 5.41) is 8.87. The molecule has 22 heavy (non-hydrogen) atoms. The van der Waals surface area contributed by atoms with Crippen LogP contribution in [0.25, 0.3) is 0 Å². The lowest BCUT2D eigenvalue weighted by Gasteiger charge is -2.16. The number of aromatic carboxylic acids is 1. The van der Waals surface area contributed by atoms with E-state index in [4.69, 9.17) is 9.84 Å². The summed E-state index contributed by atoms with van der Waals surface area (Å²) in [4.78, 5) is 13.0. The van der Waals surface area contributed by atoms with Crippen LogP contribution in [-0.4, -0.2) is 36.2 Å². The molecule has 0 heterocycles. The van der Waals surface area contributed by atoms with E-state index in [1.807, 2.05) is 49.5 Å². The third-order valence-electron chi connectivity index (χ3n) is 3.38. The van der Waals surface area contributed by atoms with E-state index in [2.05, 4.69) is 4.90 Å². The summed E-state index contributed by atoms with van der Waals surface area (Å²) in [7, 11) is 2.02. The van der Waals surface area contributed by atoms with Crippen molar-refractivity contribution in [2.45, 2.75) is 13.2 Å². The van der Waals surface area contributed by atoms with Gasteiger partial charge in [0, 0.05) is 13.1 Å². The van der Waals surface area contributed by atoms with Gasteiger partial charge in [0.2, 0.25) is 0 Å². The van der Waals surface area contributed by atoms with Crippen molar-refractivity contribution in [3.05, 3.63) is 71.3 Å². The quantitative estimate of drug-likeness (QED) is 0.761. The summed E-state index contributed by atoms with van der Waals surface area (Å²) in [5.74, 6) is -0.894. The summed E-state index contributed by atoms with van der Waals surface area (Å²) in [5.41, 5.74) is 2.59. The first-order chi connectivity index (χ1) is 10.6. The lowest BCUT2D eigenvalue weighted by atomic mass is 10.1. The summed E-state index contributed by atoms with van der Waals surface area (Å²) < 4.78 is 5.66. The molecule has 0 fully saturated rings. The van der Waals surface area contributed by atoms with Gasteiger partial charge in [-0.3, -0.25) is 4.90 Å². The van der Waals surface area contributed by atoms with Gasteiger partial charge < -0.3 is 9.84 Å². The Morgan fingerprint density at radius 2 is 1.73 bits per heavy atom. The molecule has 2 aromatic carbocycles. The molecule has 0 saturated carbocycles. The van der Waals surface area contributed by atoms with Crippen molar-refractivity contribution in [3.63, 3.8) is 0 Å². The maximum atomic E-state index is 10.8. The van der Waals surface area contributed by atoms with Crippen molar-refractivity contribution in [2.75, 3.05) is 20.2 Å². The highest BCUT2D eigenvalue weighted by Crippen LogP contribution is 2.07. The molecule has 2 rings (SSSR count). The van der Waals surface area contributed by atoms with Crippen molar-refractivity contribution in [1.82, 2.24) is 4.90 Å². The van der Waals surface area contributed by atoms with Crippen molar-refractivity contribution >= 4 is 5.97 Å². The summed E-state index contributed by atoms with van der Waals surface area (Å²) in [6.07, 6.45) is 0. The molecule has 0 unspecified atom stereocenters. The average molecular weight is 299 g/mol. The van der Waals surface area contributed by atoms with Crippen LogP contribution in [0, 0.1) is 0 Å². The van der Waals surface area contributed by atoms with E-state index in [-0.39, 0.29) is 0 Å². The molecule has 0 bridgehead atoms. The van der Waals surface area contributed by atoms with E-state index in [9.17, 15) is 4.79 Å². The molecular weight excluding hydrogens is 278 g/mol. The minimum Gasteiger partial charge on any atom is -0.478 e. The van der Waals surface area contributed by atoms with Crippen LogP contribution in [0.15, 0.2) is 54.6 Å². The number of benzene rings is 2. The summed E-state index contributed by atoms with van der Waals surface area (Å²) in [6, 6.07) is 17.1. The first-order valence-electron chi connectivity index (χ1n) is 7.27. The van der Waals surface area contributed by atoms with Gasteiger partial charge in [0.15, 0.2) is 0 Å². The number of likely N-dealkylation sites (N-methyl/N-ethyl adjacent to an activating group) is 1. The number of hydrogen-bond acceptors (Lipinski definition) is 3. The number of carbonyl (C=O) groups is 1. The van der Waals surface area contributed by atoms with Crippen molar-refractivity contribution in [2.24, 2.45) is 0 Å². The number of rotatable bonds is 8. The first kappa shape index (κ1) is 16.2. The van der Waals surface area contributed by atoms with Crippen molar-refractivity contribution in [3.8, 4) is 0 Å². The summed E-state index contributed by atoms with van der Waals surface area (Å²) >= 11 is 0. The SMILES string of the molecule is CN(CCOCc1ccccc1)Cc1ccc(C(=O)O)cc1. The minimum atomic E-state index is -0.894. The maximum Gasteiger partial charge on any atom is 0.335 e. The number of ether oxygens (including phenoxy) is 1. The van der Waals surface area contributed by atoms with Crippen LogP contribution in [0.1, 0.15) is 21.5 Å². The van der Waals surface area contributed by atoms with Gasteiger partial charge in [-0.1, -0.05) is 42.5 Å². The molecule has 0 spiro atoms. The molecule has 0 aliphatic heterocycles. The molecule has 0 radical (unpaired) electrons. The Labute approximate surface area is 131 Å². The van der Waals surface area contributed by atoms with Gasteiger partial charge in [-0.25, -0.2) is 4.79 Å². The van der Waals surface area contributed by atoms with Crippen LogP contribution in [0.3, 0.4) is 0 Å². The molecule has 0 aliphatic rings. The fraction of sp³-hybridized carbons (Fsp3) is 0.278. The highest BCUT2D eigenvalue weighted by atomic mass is 16.5. The second-order valence-corrected chi connectivity index (χ2v) is 5.28. The van der Waals surface area contributed by atoms with Gasteiger partial charge in [0.25, 0.3) is 0 Å². The predicted octanol–water partition coefficient (Wildman–Crippen LogP) is 3.03. The Kier molecular flexibility index (Phi) is 6.13. The monoisotopic (exact) mass is 299 g/mol. The molecule has 0 saturated heterocycles. The Bertz CT molecular complexity index is 581. The van der Waals surface area contributed by atoms with E-state index < -0.39 is 5.97 Å². The highest BCUT2D eigenvalue weighted by molar-refractivity contribution is 5.87. The molecule has 4 nitrogen and oxygen atoms in total. The average Bonchev–Trinajstić information content (AvgIpc) is 2.53. The van der Waals surface area contributed by atoms with Crippen molar-refractivity contribution < 1.29 is 14.6 Å². The Morgan fingerprint density at radius 1 is 1.05 bits per heavy atom. The van der Waals surface area contributed by atoms with Gasteiger partial charge in [-0.15, -0.1) is 0 Å². The van der Waals surface area contributed by atoms with E-state index in [1.165, 1.54) is 5.56 Å². The van der Waals surface area contributed by atoms with E-state index in [0.717, 1.165) is 18.7 Å². The molecule has 0 aliphatic carbocycles. The van der Waals surface area contributed by atoms with E-state index in [0.29, 0.717) is 18.8 Å². The maximum absolute atomic E-state index is 10.8. The number of carboxylic acids is 1. The zero-order valence-electron chi connectivity index (χ0n) is 12.7. The molecule has 116 valence electrons. The van der Waals surface area contributed by atoms with Crippen LogP contribution >= 0.6 is 0 Å². The van der Waals surface area contributed by atoms with Crippen LogP contribution in [0.2, 0.25) is 0 Å². The van der Waals surface area contributed by atoms with Gasteiger partial charge in [0.05, 0.1) is 18.8 Å². The smallest absolute Gasteiger partial charge is 0.335 e. The standard InChI is InChI=1S/C18H21NO3/c1-19(11-12-22-14-16-5-3-2-4-6-16)13-15-7-9-17(10-8-15)18(20)21/h2-10H,11-14H2,1H3,(H,20,21). The molecule has 1 N–H and O–H groups in total. The molecule has 0 atom stereocenters. The van der Waals surface area contributed by atoms with Gasteiger partial charge in [-0.05, 0) is 30.3 Å². The van der Waals surface area contributed by atoms with Gasteiger partial charge >= 0.3 is 5.97 Å². The molecule has 2 aromatic rings. The first-order valence-corrected chi connectivity index (χ1v) is 7.27. The highest BCUT2D eigenvalue weighted by Gasteiger charge is 2.04. The zero-order chi connectivity index (χ0) is 15.8. The number of nitrogens with zero attached hydrogens (tertiary/aromatic N) is 1. The number of carboxylic acid groups (broad SMARTS) is 1. The fourth-order valence-electron chi connectivity index (χ4n) is 2.13. The lowest BCUT2D eigenvalue weighted by molar-refractivity contribution is 0.0697. The third-order valence-corrected chi connectivity index (χ3v) is 3.38. The van der Waals surface area contributed by atoms with Crippen LogP contribution in [-0.2, 0) is 17.9 Å². The van der Waals surface area contributed by atoms with Crippen molar-refractivity contribution in [1.29, 1.82) is 0 Å². The van der Waals surface area contributed by atoms with E-state index in [1.54, 1.807) is 12.1 Å². The largest absolute Gasteiger partial charge is 0.478 e. The van der Waals surface area contributed by atoms with Gasteiger partial charge in [-0.2, -0.15) is 0 Å². The zero-order valence-corrected chi connectivity index (χ0v) is 12.7. The molecule has 0 aromatic heterocycles. The Morgan fingerprint density at radius 3 is 2.36 bits per heavy atom.